The van der Waals surface area contributed by atoms with Gasteiger partial charge in [-0.15, -0.1) is 0 Å². The van der Waals surface area contributed by atoms with E-state index in [0.717, 1.165) is 6.08 Å². The van der Waals surface area contributed by atoms with E-state index in [2.05, 4.69) is 5.43 Å². The molecule has 8 heteroatoms. The second-order valence-corrected chi connectivity index (χ2v) is 5.03. The van der Waals surface area contributed by atoms with E-state index in [4.69, 9.17) is 0 Å². The summed E-state index contributed by atoms with van der Waals surface area (Å²) in [5, 5.41) is 1.22. The lowest BCUT2D eigenvalue weighted by Crippen LogP contribution is -2.43. The van der Waals surface area contributed by atoms with Crippen LogP contribution in [0.3, 0.4) is 0 Å². The molecule has 0 radical (unpaired) electrons. The van der Waals surface area contributed by atoms with Gasteiger partial charge in [-0.05, 0) is 12.2 Å². The fraction of sp³-hybridized carbons (Fsp3) is 0.444. The first-order valence-electron chi connectivity index (χ1n) is 4.74. The highest BCUT2D eigenvalue weighted by atomic mass is 127. The van der Waals surface area contributed by atoms with Crippen LogP contribution in [0.15, 0.2) is 24.2 Å². The van der Waals surface area contributed by atoms with Crippen molar-refractivity contribution in [3.8, 4) is 0 Å². The number of hydrogen-bond donors (Lipinski definition) is 1. The van der Waals surface area contributed by atoms with Crippen molar-refractivity contribution in [1.29, 1.82) is 0 Å². The number of carbonyl (C=O) groups excluding carboxylic acids is 1. The summed E-state index contributed by atoms with van der Waals surface area (Å²) >= 11 is 1.92. The maximum atomic E-state index is 12.5. The molecule has 0 aliphatic carbocycles. The Balaban J connectivity index is 2.31. The average molecular weight is 359 g/mol. The quantitative estimate of drug-likeness (QED) is 0.524. The van der Waals surface area contributed by atoms with E-state index in [1.807, 2.05) is 22.6 Å². The maximum Gasteiger partial charge on any atom is 0.409 e. The van der Waals surface area contributed by atoms with Crippen LogP contribution in [0.2, 0.25) is 0 Å². The summed E-state index contributed by atoms with van der Waals surface area (Å²) in [5.74, 6) is -0.0482. The van der Waals surface area contributed by atoms with Crippen molar-refractivity contribution < 1.29 is 18.0 Å². The molecule has 2 heterocycles. The highest BCUT2D eigenvalue weighted by Crippen LogP contribution is 2.30. The van der Waals surface area contributed by atoms with E-state index in [0.29, 0.717) is 0 Å². The molecule has 4 nitrogen and oxygen atoms in total. The molecule has 0 aromatic carbocycles. The first-order valence-corrected chi connectivity index (χ1v) is 5.99. The van der Waals surface area contributed by atoms with Crippen LogP contribution in [-0.4, -0.2) is 39.0 Å². The molecule has 2 unspecified atom stereocenters. The molecule has 1 N–H and O–H groups in total. The van der Waals surface area contributed by atoms with Gasteiger partial charge in [0.05, 0.1) is 0 Å². The number of halogens is 4. The number of nitrogens with one attached hydrogen (secondary N) is 1. The monoisotopic (exact) mass is 359 g/mol. The fourth-order valence-electron chi connectivity index (χ4n) is 1.58. The molecular formula is C9H9F3IN3O. The standard InChI is InChI=1S/C9H9F3IN3O/c1-15-7-4-6(9(10,11)12)14-16(7)3-2-5(13)8(15)17/h2-6,14H,1H3. The van der Waals surface area contributed by atoms with Gasteiger partial charge < -0.3 is 0 Å². The van der Waals surface area contributed by atoms with Crippen LogP contribution < -0.4 is 5.43 Å². The van der Waals surface area contributed by atoms with E-state index in [9.17, 15) is 18.0 Å². The average Bonchev–Trinajstić information content (AvgIpc) is 2.63. The third-order valence-corrected chi connectivity index (χ3v) is 3.46. The lowest BCUT2D eigenvalue weighted by molar-refractivity contribution is -0.148. The molecule has 2 aliphatic rings. The smallest absolute Gasteiger partial charge is 0.299 e. The van der Waals surface area contributed by atoms with Gasteiger partial charge in [0.15, 0.2) is 0 Å². The Kier molecular flexibility index (Phi) is 3.10. The van der Waals surface area contributed by atoms with Crippen LogP contribution in [0.5, 0.6) is 0 Å². The number of hydrogen-bond acceptors (Lipinski definition) is 3. The number of fused-ring (bicyclic) bond motifs is 1. The molecule has 2 aliphatic heterocycles. The molecule has 2 atom stereocenters. The van der Waals surface area contributed by atoms with Crippen molar-refractivity contribution in [2.75, 3.05) is 7.05 Å². The van der Waals surface area contributed by atoms with E-state index in [1.54, 1.807) is 6.08 Å². The molecule has 94 valence electrons. The third kappa shape index (κ3) is 2.28. The molecule has 0 aromatic heterocycles. The van der Waals surface area contributed by atoms with E-state index >= 15 is 0 Å². The minimum absolute atomic E-state index is 0.202. The number of amides is 1. The molecule has 0 saturated carbocycles. The minimum Gasteiger partial charge on any atom is -0.299 e. The molecule has 0 bridgehead atoms. The van der Waals surface area contributed by atoms with Crippen molar-refractivity contribution in [3.05, 3.63) is 24.2 Å². The summed E-state index contributed by atoms with van der Waals surface area (Å²) in [5.41, 5.74) is 2.28. The van der Waals surface area contributed by atoms with E-state index in [1.165, 1.54) is 23.2 Å². The van der Waals surface area contributed by atoms with Gasteiger partial charge in [-0.2, -0.15) is 13.2 Å². The molecule has 17 heavy (non-hydrogen) atoms. The molecule has 1 amide bonds. The van der Waals surface area contributed by atoms with Crippen molar-refractivity contribution in [1.82, 2.24) is 15.3 Å². The second kappa shape index (κ2) is 4.16. The zero-order chi connectivity index (χ0) is 12.8. The van der Waals surface area contributed by atoms with Gasteiger partial charge in [-0.25, -0.2) is 5.43 Å². The molecule has 0 fully saturated rings. The summed E-state index contributed by atoms with van der Waals surface area (Å²) < 4.78 is 37.2. The Morgan fingerprint density at radius 1 is 1.47 bits per heavy atom. The van der Waals surface area contributed by atoms with Gasteiger partial charge in [0.25, 0.3) is 0 Å². The number of hydrazine groups is 1. The Morgan fingerprint density at radius 3 is 2.71 bits per heavy atom. The second-order valence-electron chi connectivity index (χ2n) is 3.68. The van der Waals surface area contributed by atoms with Crippen LogP contribution in [0.4, 0.5) is 13.2 Å². The van der Waals surface area contributed by atoms with E-state index < -0.39 is 12.2 Å². The lowest BCUT2D eigenvalue weighted by atomic mass is 10.3. The van der Waals surface area contributed by atoms with Gasteiger partial charge in [-0.3, -0.25) is 14.7 Å². The largest absolute Gasteiger partial charge is 0.409 e. The first-order chi connectivity index (χ1) is 7.80. The van der Waals surface area contributed by atoms with Crippen molar-refractivity contribution >= 4 is 28.5 Å². The van der Waals surface area contributed by atoms with Crippen LogP contribution in [0.1, 0.15) is 0 Å². The van der Waals surface area contributed by atoms with Gasteiger partial charge in [0.1, 0.15) is 15.8 Å². The molecule has 0 spiro atoms. The summed E-state index contributed by atoms with van der Waals surface area (Å²) in [4.78, 5) is 13.0. The summed E-state index contributed by atoms with van der Waals surface area (Å²) in [6.45, 7) is 0. The normalized spacial score (nSPS) is 29.2. The predicted octanol–water partition coefficient (Wildman–Crippen LogP) is 1.37. The SMILES string of the molecule is CN1C(=O)C(I)C=CN2NC(C(F)(F)F)C=C21. The lowest BCUT2D eigenvalue weighted by Gasteiger charge is -2.24. The van der Waals surface area contributed by atoms with Crippen LogP contribution in [0, 0.1) is 0 Å². The van der Waals surface area contributed by atoms with Gasteiger partial charge in [-0.1, -0.05) is 22.6 Å². The van der Waals surface area contributed by atoms with Gasteiger partial charge in [0.2, 0.25) is 5.91 Å². The zero-order valence-electron chi connectivity index (χ0n) is 8.70. The number of nitrogens with zero attached hydrogens (tertiary/aromatic N) is 2. The van der Waals surface area contributed by atoms with E-state index in [-0.39, 0.29) is 15.7 Å². The Hall–Kier alpha value is -0.770. The topological polar surface area (TPSA) is 35.6 Å². The summed E-state index contributed by atoms with van der Waals surface area (Å²) in [6, 6.07) is -1.76. The predicted molar refractivity (Wildman–Crippen MR) is 62.6 cm³/mol. The number of carbonyl (C=O) groups is 1. The maximum absolute atomic E-state index is 12.5. The fourth-order valence-corrected chi connectivity index (χ4v) is 2.19. The molecule has 0 aromatic rings. The minimum atomic E-state index is -4.37. The van der Waals surface area contributed by atoms with Crippen molar-refractivity contribution in [2.45, 2.75) is 16.1 Å². The van der Waals surface area contributed by atoms with Crippen LogP contribution >= 0.6 is 22.6 Å². The Bertz CT molecular complexity index is 407. The molecule has 0 saturated heterocycles. The summed E-state index contributed by atoms with van der Waals surface area (Å²) in [7, 11) is 1.46. The first kappa shape index (κ1) is 12.7. The Morgan fingerprint density at radius 2 is 2.12 bits per heavy atom. The number of rotatable bonds is 0. The summed E-state index contributed by atoms with van der Waals surface area (Å²) in [6.07, 6.45) is -0.389. The highest BCUT2D eigenvalue weighted by molar-refractivity contribution is 14.1. The van der Waals surface area contributed by atoms with Gasteiger partial charge in [0, 0.05) is 13.2 Å². The molecule has 2 rings (SSSR count). The van der Waals surface area contributed by atoms with Gasteiger partial charge >= 0.3 is 6.18 Å². The zero-order valence-corrected chi connectivity index (χ0v) is 10.9. The van der Waals surface area contributed by atoms with Crippen LogP contribution in [-0.2, 0) is 4.79 Å². The third-order valence-electron chi connectivity index (χ3n) is 2.51. The van der Waals surface area contributed by atoms with Crippen molar-refractivity contribution in [2.24, 2.45) is 0 Å². The van der Waals surface area contributed by atoms with Crippen molar-refractivity contribution in [3.63, 3.8) is 0 Å². The highest BCUT2D eigenvalue weighted by Gasteiger charge is 2.44. The Labute approximate surface area is 109 Å². The van der Waals surface area contributed by atoms with Crippen LogP contribution in [0.25, 0.3) is 0 Å². The molecular weight excluding hydrogens is 350 g/mol. The number of alkyl halides is 4.